The fraction of sp³-hybridized carbons (Fsp3) is 0.300. The Morgan fingerprint density at radius 1 is 1.56 bits per heavy atom. The predicted molar refractivity (Wildman–Crippen MR) is 59.9 cm³/mol. The lowest BCUT2D eigenvalue weighted by atomic mass is 10.1. The molecule has 0 radical (unpaired) electrons. The molecular weight excluding hydrogens is 278 g/mol. The summed E-state index contributed by atoms with van der Waals surface area (Å²) < 4.78 is 10.6. The van der Waals surface area contributed by atoms with E-state index >= 15 is 0 Å². The Morgan fingerprint density at radius 3 is 3.00 bits per heavy atom. The number of carbonyl (C=O) groups excluding carboxylic acids is 1. The number of rotatable bonds is 3. The van der Waals surface area contributed by atoms with Crippen molar-refractivity contribution in [3.05, 3.63) is 16.1 Å². The highest BCUT2D eigenvalue weighted by atomic mass is 79.9. The first-order valence-corrected chi connectivity index (χ1v) is 5.48. The molecule has 1 aliphatic rings. The number of hydrogen-bond acceptors (Lipinski definition) is 5. The van der Waals surface area contributed by atoms with Gasteiger partial charge in [0.25, 0.3) is 0 Å². The maximum absolute atomic E-state index is 11.7. The Morgan fingerprint density at radius 2 is 2.31 bits per heavy atom. The van der Waals surface area contributed by atoms with Gasteiger partial charge < -0.3 is 20.3 Å². The first-order valence-electron chi connectivity index (χ1n) is 4.69. The van der Waals surface area contributed by atoms with Crippen LogP contribution in [0, 0.1) is 0 Å². The molecule has 0 aromatic heterocycles. The van der Waals surface area contributed by atoms with Crippen molar-refractivity contribution in [2.45, 2.75) is 6.42 Å². The van der Waals surface area contributed by atoms with Gasteiger partial charge in [-0.15, -0.1) is 0 Å². The molecular formula is C10H10BrNO4. The highest BCUT2D eigenvalue weighted by Gasteiger charge is 2.25. The largest absolute Gasteiger partial charge is 0.506 e. The van der Waals surface area contributed by atoms with Gasteiger partial charge in [0.1, 0.15) is 10.2 Å². The van der Waals surface area contributed by atoms with Crippen molar-refractivity contribution >= 4 is 21.7 Å². The van der Waals surface area contributed by atoms with Crippen LogP contribution in [0.4, 0.5) is 0 Å². The van der Waals surface area contributed by atoms with Crippen molar-refractivity contribution in [1.29, 1.82) is 0 Å². The first-order chi connectivity index (χ1) is 7.65. The fourth-order valence-corrected chi connectivity index (χ4v) is 1.99. The third-order valence-corrected chi connectivity index (χ3v) is 2.99. The monoisotopic (exact) mass is 287 g/mol. The van der Waals surface area contributed by atoms with E-state index < -0.39 is 0 Å². The van der Waals surface area contributed by atoms with Crippen molar-refractivity contribution in [2.75, 3.05) is 13.3 Å². The van der Waals surface area contributed by atoms with Gasteiger partial charge in [-0.1, -0.05) is 0 Å². The molecule has 0 saturated heterocycles. The van der Waals surface area contributed by atoms with Crippen LogP contribution in [0.15, 0.2) is 10.5 Å². The lowest BCUT2D eigenvalue weighted by Gasteiger charge is -2.07. The number of hydrogen-bond donors (Lipinski definition) is 2. The van der Waals surface area contributed by atoms with Gasteiger partial charge in [-0.3, -0.25) is 4.79 Å². The maximum Gasteiger partial charge on any atom is 0.231 e. The smallest absolute Gasteiger partial charge is 0.231 e. The van der Waals surface area contributed by atoms with Crippen LogP contribution in [-0.2, 0) is 0 Å². The second-order valence-electron chi connectivity index (χ2n) is 3.28. The van der Waals surface area contributed by atoms with Crippen molar-refractivity contribution in [3.8, 4) is 17.2 Å². The summed E-state index contributed by atoms with van der Waals surface area (Å²) in [6, 6.07) is 1.47. The summed E-state index contributed by atoms with van der Waals surface area (Å²) in [6.07, 6.45) is 0.180. The van der Waals surface area contributed by atoms with Crippen LogP contribution in [0.5, 0.6) is 17.2 Å². The molecule has 1 aromatic carbocycles. The zero-order valence-corrected chi connectivity index (χ0v) is 9.91. The molecule has 3 N–H and O–H groups in total. The number of fused-ring (bicyclic) bond motifs is 1. The Hall–Kier alpha value is -1.27. The van der Waals surface area contributed by atoms with E-state index in [1.54, 1.807) is 0 Å². The van der Waals surface area contributed by atoms with E-state index in [-0.39, 0.29) is 36.9 Å². The molecule has 0 saturated carbocycles. The lowest BCUT2D eigenvalue weighted by molar-refractivity contribution is 0.0982. The second-order valence-corrected chi connectivity index (χ2v) is 4.08. The van der Waals surface area contributed by atoms with Gasteiger partial charge in [-0.25, -0.2) is 0 Å². The van der Waals surface area contributed by atoms with Crippen LogP contribution in [-0.4, -0.2) is 24.2 Å². The number of nitrogens with two attached hydrogens (primary N) is 1. The summed E-state index contributed by atoms with van der Waals surface area (Å²) in [5, 5.41) is 9.81. The van der Waals surface area contributed by atoms with Gasteiger partial charge in [0.2, 0.25) is 6.79 Å². The minimum absolute atomic E-state index is 0.0852. The van der Waals surface area contributed by atoms with E-state index in [4.69, 9.17) is 15.2 Å². The van der Waals surface area contributed by atoms with Crippen LogP contribution in [0.25, 0.3) is 0 Å². The topological polar surface area (TPSA) is 81.8 Å². The maximum atomic E-state index is 11.7. The molecule has 6 heteroatoms. The Labute approximate surface area is 100 Å². The number of halogens is 1. The summed E-state index contributed by atoms with van der Waals surface area (Å²) in [7, 11) is 0. The molecule has 0 spiro atoms. The van der Waals surface area contributed by atoms with E-state index in [1.807, 2.05) is 0 Å². The number of benzene rings is 1. The molecule has 1 aliphatic heterocycles. The van der Waals surface area contributed by atoms with Gasteiger partial charge in [-0.2, -0.15) is 0 Å². The van der Waals surface area contributed by atoms with Crippen LogP contribution in [0.2, 0.25) is 0 Å². The Bertz CT molecular complexity index is 447. The summed E-state index contributed by atoms with van der Waals surface area (Å²) in [4.78, 5) is 11.7. The quantitative estimate of drug-likeness (QED) is 0.822. The van der Waals surface area contributed by atoms with E-state index in [0.29, 0.717) is 16.0 Å². The number of carbonyl (C=O) groups is 1. The molecule has 5 nitrogen and oxygen atoms in total. The molecule has 0 amide bonds. The van der Waals surface area contributed by atoms with E-state index in [1.165, 1.54) is 6.07 Å². The number of phenolic OH excluding ortho intramolecular Hbond substituents is 1. The molecule has 86 valence electrons. The molecule has 0 aliphatic carbocycles. The molecule has 0 atom stereocenters. The number of phenols is 1. The molecule has 1 heterocycles. The predicted octanol–water partition coefficient (Wildman–Crippen LogP) is 1.41. The van der Waals surface area contributed by atoms with Gasteiger partial charge in [0.15, 0.2) is 17.3 Å². The molecule has 0 fully saturated rings. The van der Waals surface area contributed by atoms with Gasteiger partial charge in [-0.05, 0) is 28.5 Å². The van der Waals surface area contributed by atoms with E-state index in [2.05, 4.69) is 15.9 Å². The van der Waals surface area contributed by atoms with Crippen molar-refractivity contribution in [2.24, 2.45) is 5.73 Å². The molecule has 0 unspecified atom stereocenters. The minimum Gasteiger partial charge on any atom is -0.506 e. The fourth-order valence-electron chi connectivity index (χ4n) is 1.47. The molecule has 2 rings (SSSR count). The van der Waals surface area contributed by atoms with Crippen LogP contribution < -0.4 is 15.2 Å². The summed E-state index contributed by atoms with van der Waals surface area (Å²) in [5.41, 5.74) is 5.49. The number of ketones is 1. The normalized spacial score (nSPS) is 12.9. The van der Waals surface area contributed by atoms with Crippen LogP contribution in [0.3, 0.4) is 0 Å². The molecule has 0 bridgehead atoms. The molecule has 1 aromatic rings. The summed E-state index contributed by atoms with van der Waals surface area (Å²) in [5.74, 6) is 0.508. The highest BCUT2D eigenvalue weighted by Crippen LogP contribution is 2.46. The van der Waals surface area contributed by atoms with E-state index in [9.17, 15) is 9.90 Å². The van der Waals surface area contributed by atoms with Gasteiger partial charge in [0.05, 0.1) is 5.56 Å². The number of ether oxygens (including phenoxy) is 2. The number of Topliss-reactive ketones (excluding diaryl/α,β-unsaturated/α-hetero) is 1. The van der Waals surface area contributed by atoms with Gasteiger partial charge >= 0.3 is 0 Å². The average molecular weight is 288 g/mol. The molecule has 16 heavy (non-hydrogen) atoms. The summed E-state index contributed by atoms with van der Waals surface area (Å²) in [6.45, 7) is 0.326. The zero-order chi connectivity index (χ0) is 11.7. The van der Waals surface area contributed by atoms with E-state index in [0.717, 1.165) is 0 Å². The number of aromatic hydroxyl groups is 1. The van der Waals surface area contributed by atoms with Crippen molar-refractivity contribution < 1.29 is 19.4 Å². The minimum atomic E-state index is -0.223. The average Bonchev–Trinajstić information content (AvgIpc) is 2.71. The third kappa shape index (κ3) is 1.74. The highest BCUT2D eigenvalue weighted by molar-refractivity contribution is 9.10. The van der Waals surface area contributed by atoms with Crippen molar-refractivity contribution in [3.63, 3.8) is 0 Å². The standard InChI is InChI=1S/C10H10BrNO4/c11-8-9(14)5(6(13)1-2-12)3-7-10(8)16-4-15-7/h3,14H,1-2,4,12H2. The van der Waals surface area contributed by atoms with Crippen molar-refractivity contribution in [1.82, 2.24) is 0 Å². The van der Waals surface area contributed by atoms with Crippen LogP contribution in [0.1, 0.15) is 16.8 Å². The van der Waals surface area contributed by atoms with Crippen LogP contribution >= 0.6 is 15.9 Å². The summed E-state index contributed by atoms with van der Waals surface area (Å²) >= 11 is 3.16. The SMILES string of the molecule is NCCC(=O)c1cc2c(c(Br)c1O)OCO2. The van der Waals surface area contributed by atoms with Gasteiger partial charge in [0, 0.05) is 6.42 Å². The third-order valence-electron chi connectivity index (χ3n) is 2.25. The first kappa shape index (κ1) is 11.2. The zero-order valence-electron chi connectivity index (χ0n) is 8.33. The Kier molecular flexibility index (Phi) is 3.02. The lowest BCUT2D eigenvalue weighted by Crippen LogP contribution is -2.08. The second kappa shape index (κ2) is 4.31. The Balaban J connectivity index is 2.47.